The van der Waals surface area contributed by atoms with Crippen molar-refractivity contribution in [3.05, 3.63) is 108 Å². The molecule has 0 unspecified atom stereocenters. The quantitative estimate of drug-likeness (QED) is 0.145. The number of ether oxygens (including phenoxy) is 5. The van der Waals surface area contributed by atoms with Gasteiger partial charge >= 0.3 is 6.03 Å². The van der Waals surface area contributed by atoms with Gasteiger partial charge in [-0.15, -0.1) is 0 Å². The molecule has 6 atom stereocenters. The molecule has 1 saturated heterocycles. The summed E-state index contributed by atoms with van der Waals surface area (Å²) < 4.78 is 31.4. The number of anilines is 1. The summed E-state index contributed by atoms with van der Waals surface area (Å²) in [5.41, 5.74) is 5.99. The van der Waals surface area contributed by atoms with Gasteiger partial charge in [0.15, 0.2) is 23.0 Å². The number of rotatable bonds is 16. The van der Waals surface area contributed by atoms with E-state index in [4.69, 9.17) is 23.7 Å². The number of carbonyl (C=O) groups is 2. The van der Waals surface area contributed by atoms with Gasteiger partial charge in [-0.25, -0.2) is 4.79 Å². The summed E-state index contributed by atoms with van der Waals surface area (Å²) in [6.07, 6.45) is 6.09. The Labute approximate surface area is 341 Å². The van der Waals surface area contributed by atoms with E-state index in [2.05, 4.69) is 64.7 Å². The maximum Gasteiger partial charge on any atom is 0.319 e. The highest BCUT2D eigenvalue weighted by Gasteiger charge is 2.56. The lowest BCUT2D eigenvalue weighted by atomic mass is 9.71. The number of amides is 3. The van der Waals surface area contributed by atoms with Crippen molar-refractivity contribution >= 4 is 17.6 Å². The van der Waals surface area contributed by atoms with Crippen molar-refractivity contribution < 1.29 is 33.3 Å². The molecule has 13 heteroatoms. The summed E-state index contributed by atoms with van der Waals surface area (Å²) in [6, 6.07) is 10.4. The molecule has 58 heavy (non-hydrogen) atoms. The molecule has 3 N–H and O–H groups in total. The molecule has 6 rings (SSSR count). The standard InChI is InChI=1S/C45H54N6O7/c1-10-18-56-40-27(5)41(55-9)43(58-20-12-3)37-31(40)23-33-38-36-29(21-26(4)39(54-8)42(36)57-19-11-2)22-32(50(38)7)34(24-46)51(33)35(37)25-47-44(52)28(6)48-45(53)49-30-16-14-13-15-17-30/h10-17,21,28,32-35,38H,1-3,18-20,22-23,25H2,4-9H3,(H,47,52)(H2,48,49,53)/t28-,32-,33-,34-,35-,38-/m0/s1. The van der Waals surface area contributed by atoms with Crippen molar-refractivity contribution in [2.45, 2.75) is 69.9 Å². The van der Waals surface area contributed by atoms with Crippen LogP contribution in [0.15, 0.2) is 74.4 Å². The largest absolute Gasteiger partial charge is 0.493 e. The zero-order chi connectivity index (χ0) is 41.7. The first-order valence-corrected chi connectivity index (χ1v) is 19.5. The van der Waals surface area contributed by atoms with Gasteiger partial charge in [-0.05, 0) is 63.9 Å². The fourth-order valence-electron chi connectivity index (χ4n) is 9.00. The highest BCUT2D eigenvalue weighted by Crippen LogP contribution is 2.58. The van der Waals surface area contributed by atoms with E-state index in [1.54, 1.807) is 51.5 Å². The predicted octanol–water partition coefficient (Wildman–Crippen LogP) is 6.11. The summed E-state index contributed by atoms with van der Waals surface area (Å²) in [4.78, 5) is 31.3. The molecule has 0 saturated carbocycles. The lowest BCUT2D eigenvalue weighted by molar-refractivity contribution is -0.123. The first-order chi connectivity index (χ1) is 28.0. The Kier molecular flexibility index (Phi) is 13.0. The van der Waals surface area contributed by atoms with Crippen LogP contribution < -0.4 is 39.6 Å². The number of para-hydroxylation sites is 1. The van der Waals surface area contributed by atoms with Gasteiger partial charge in [0.05, 0.1) is 32.4 Å². The number of nitrogens with zero attached hydrogens (tertiary/aromatic N) is 3. The Balaban J connectivity index is 1.51. The molecule has 13 nitrogen and oxygen atoms in total. The second-order valence-corrected chi connectivity index (χ2v) is 14.8. The molecular weight excluding hydrogens is 737 g/mol. The van der Waals surface area contributed by atoms with Gasteiger partial charge in [0.1, 0.15) is 37.7 Å². The van der Waals surface area contributed by atoms with Gasteiger partial charge in [-0.2, -0.15) is 5.26 Å². The fraction of sp³-hybridized carbons (Fsp3) is 0.400. The number of carbonyl (C=O) groups excluding carboxylic acids is 2. The van der Waals surface area contributed by atoms with Crippen molar-refractivity contribution in [1.29, 1.82) is 5.26 Å². The molecule has 3 aromatic carbocycles. The van der Waals surface area contributed by atoms with Crippen LogP contribution in [0.25, 0.3) is 0 Å². The summed E-state index contributed by atoms with van der Waals surface area (Å²) >= 11 is 0. The maximum atomic E-state index is 13.9. The van der Waals surface area contributed by atoms with E-state index in [1.807, 2.05) is 32.0 Å². The zero-order valence-corrected chi connectivity index (χ0v) is 34.2. The van der Waals surface area contributed by atoms with Crippen molar-refractivity contribution in [2.75, 3.05) is 52.9 Å². The lowest BCUT2D eigenvalue weighted by Gasteiger charge is -2.60. The number of fused-ring (bicyclic) bond motifs is 7. The molecule has 3 amide bonds. The minimum atomic E-state index is -0.899. The summed E-state index contributed by atoms with van der Waals surface area (Å²) in [7, 11) is 5.29. The van der Waals surface area contributed by atoms with Gasteiger partial charge in [0, 0.05) is 46.6 Å². The number of likely N-dealkylation sites (N-methyl/N-ethyl adjacent to an activating group) is 1. The topological polar surface area (TPSA) is 147 Å². The summed E-state index contributed by atoms with van der Waals surface area (Å²) in [6.45, 7) is 18.0. The minimum absolute atomic E-state index is 0.0669. The Hall–Kier alpha value is -5.97. The van der Waals surface area contributed by atoms with Crippen LogP contribution in [0.1, 0.15) is 52.4 Å². The van der Waals surface area contributed by atoms with Crippen LogP contribution >= 0.6 is 0 Å². The molecule has 2 bridgehead atoms. The molecule has 1 fully saturated rings. The molecule has 3 heterocycles. The first kappa shape index (κ1) is 41.7. The number of piperazine rings is 1. The van der Waals surface area contributed by atoms with Gasteiger partial charge < -0.3 is 39.6 Å². The number of nitriles is 1. The summed E-state index contributed by atoms with van der Waals surface area (Å²) in [5, 5.41) is 19.8. The number of aryl methyl sites for hydroxylation is 1. The van der Waals surface area contributed by atoms with E-state index >= 15 is 0 Å². The number of benzene rings is 3. The van der Waals surface area contributed by atoms with Crippen molar-refractivity contribution in [2.24, 2.45) is 0 Å². The van der Waals surface area contributed by atoms with E-state index in [9.17, 15) is 14.9 Å². The van der Waals surface area contributed by atoms with Crippen molar-refractivity contribution in [3.8, 4) is 34.8 Å². The lowest BCUT2D eigenvalue weighted by Crippen LogP contribution is -2.69. The molecule has 0 radical (unpaired) electrons. The number of methoxy groups -OCH3 is 2. The van der Waals surface area contributed by atoms with Crippen LogP contribution in [0.4, 0.5) is 10.5 Å². The molecule has 0 aliphatic carbocycles. The Morgan fingerprint density at radius 2 is 1.52 bits per heavy atom. The van der Waals surface area contributed by atoms with Gasteiger partial charge in [0.2, 0.25) is 5.91 Å². The van der Waals surface area contributed by atoms with Crippen LogP contribution in [0.2, 0.25) is 0 Å². The van der Waals surface area contributed by atoms with Crippen LogP contribution in [0, 0.1) is 25.2 Å². The predicted molar refractivity (Wildman–Crippen MR) is 223 cm³/mol. The molecule has 3 aromatic rings. The van der Waals surface area contributed by atoms with Crippen LogP contribution in [-0.2, 0) is 17.6 Å². The van der Waals surface area contributed by atoms with E-state index in [0.717, 1.165) is 33.4 Å². The number of hydrogen-bond donors (Lipinski definition) is 3. The van der Waals surface area contributed by atoms with Crippen LogP contribution in [0.3, 0.4) is 0 Å². The average molecular weight is 791 g/mol. The van der Waals surface area contributed by atoms with E-state index in [-0.39, 0.29) is 44.5 Å². The molecule has 0 spiro atoms. The Morgan fingerprint density at radius 3 is 2.12 bits per heavy atom. The number of nitrogens with one attached hydrogen (secondary N) is 3. The van der Waals surface area contributed by atoms with E-state index in [1.165, 1.54) is 0 Å². The fourth-order valence-corrected chi connectivity index (χ4v) is 9.00. The van der Waals surface area contributed by atoms with Gasteiger partial charge in [0.25, 0.3) is 0 Å². The zero-order valence-electron chi connectivity index (χ0n) is 34.2. The van der Waals surface area contributed by atoms with E-state index < -0.39 is 30.1 Å². The maximum absolute atomic E-state index is 13.9. The smallest absolute Gasteiger partial charge is 0.319 e. The third-order valence-electron chi connectivity index (χ3n) is 11.3. The average Bonchev–Trinajstić information content (AvgIpc) is 3.21. The Bertz CT molecular complexity index is 2100. The minimum Gasteiger partial charge on any atom is -0.493 e. The Morgan fingerprint density at radius 1 is 0.897 bits per heavy atom. The van der Waals surface area contributed by atoms with Crippen molar-refractivity contribution in [1.82, 2.24) is 20.4 Å². The second-order valence-electron chi connectivity index (χ2n) is 14.8. The third-order valence-corrected chi connectivity index (χ3v) is 11.3. The second kappa shape index (κ2) is 18.1. The van der Waals surface area contributed by atoms with Gasteiger partial charge in [-0.3, -0.25) is 14.6 Å². The summed E-state index contributed by atoms with van der Waals surface area (Å²) in [5.74, 6) is 2.48. The number of hydrogen-bond acceptors (Lipinski definition) is 10. The highest BCUT2D eigenvalue weighted by molar-refractivity contribution is 5.93. The normalized spacial score (nSPS) is 21.0. The third kappa shape index (κ3) is 7.69. The number of urea groups is 1. The van der Waals surface area contributed by atoms with Crippen LogP contribution in [-0.4, -0.2) is 93.5 Å². The van der Waals surface area contributed by atoms with Crippen molar-refractivity contribution in [3.63, 3.8) is 0 Å². The SMILES string of the molecule is C=CCOc1c(C)c(OC)c(OCC=C)c2c1C[C@H]1[C@H]3c4c(cc(C)c(OC)c4OCC=C)C[C@@H]([C@H](C#N)N1[C@H]2CNC(=O)[C@H](C)NC(=O)Nc1ccccc1)N3C. The highest BCUT2D eigenvalue weighted by atomic mass is 16.5. The molecule has 3 aliphatic rings. The molecule has 3 aliphatic heterocycles. The first-order valence-electron chi connectivity index (χ1n) is 19.5. The van der Waals surface area contributed by atoms with Gasteiger partial charge in [-0.1, -0.05) is 62.2 Å². The molecular formula is C45H54N6O7. The molecule has 306 valence electrons. The molecule has 0 aromatic heterocycles. The monoisotopic (exact) mass is 790 g/mol. The van der Waals surface area contributed by atoms with E-state index in [0.29, 0.717) is 47.3 Å². The van der Waals surface area contributed by atoms with Crippen LogP contribution in [0.5, 0.6) is 28.7 Å².